The predicted molar refractivity (Wildman–Crippen MR) is 61.0 cm³/mol. The van der Waals surface area contributed by atoms with E-state index in [-0.39, 0.29) is 5.91 Å². The zero-order valence-corrected chi connectivity index (χ0v) is 9.59. The zero-order chi connectivity index (χ0) is 12.1. The molecule has 1 aliphatic rings. The number of amides is 1. The van der Waals surface area contributed by atoms with Crippen molar-refractivity contribution in [1.82, 2.24) is 19.8 Å². The van der Waals surface area contributed by atoms with Gasteiger partial charge in [0.15, 0.2) is 0 Å². The quantitative estimate of drug-likeness (QED) is 0.769. The second-order valence-electron chi connectivity index (χ2n) is 3.94. The van der Waals surface area contributed by atoms with Gasteiger partial charge < -0.3 is 14.8 Å². The summed E-state index contributed by atoms with van der Waals surface area (Å²) in [5.74, 6) is 0.502. The van der Waals surface area contributed by atoms with Gasteiger partial charge in [0.05, 0.1) is 0 Å². The summed E-state index contributed by atoms with van der Waals surface area (Å²) in [6.45, 7) is 3.79. The summed E-state index contributed by atoms with van der Waals surface area (Å²) in [7, 11) is 0. The van der Waals surface area contributed by atoms with Crippen LogP contribution >= 0.6 is 0 Å². The van der Waals surface area contributed by atoms with Gasteiger partial charge in [0.1, 0.15) is 6.07 Å². The van der Waals surface area contributed by atoms with Gasteiger partial charge in [-0.3, -0.25) is 4.79 Å². The van der Waals surface area contributed by atoms with Gasteiger partial charge in [0.25, 0.3) is 0 Å². The van der Waals surface area contributed by atoms with Crippen LogP contribution in [0.3, 0.4) is 0 Å². The molecule has 1 aliphatic heterocycles. The third-order valence-electron chi connectivity index (χ3n) is 2.85. The summed E-state index contributed by atoms with van der Waals surface area (Å²) in [6.07, 6.45) is 3.72. The van der Waals surface area contributed by atoms with Gasteiger partial charge in [-0.1, -0.05) is 0 Å². The lowest BCUT2D eigenvalue weighted by atomic mass is 10.3. The zero-order valence-electron chi connectivity index (χ0n) is 9.59. The fourth-order valence-corrected chi connectivity index (χ4v) is 1.89. The first kappa shape index (κ1) is 11.6. The molecule has 0 unspecified atom stereocenters. The fourth-order valence-electron chi connectivity index (χ4n) is 1.89. The number of carbonyl (C=O) groups excluding carboxylic acids is 1. The number of imidazole rings is 1. The number of nitriles is 1. The van der Waals surface area contributed by atoms with Crippen molar-refractivity contribution in [3.05, 3.63) is 18.2 Å². The van der Waals surface area contributed by atoms with Crippen LogP contribution in [0.25, 0.3) is 0 Å². The van der Waals surface area contributed by atoms with E-state index >= 15 is 0 Å². The van der Waals surface area contributed by atoms with E-state index < -0.39 is 0 Å². The SMILES string of the molecule is N#Cc1nccn1CCC(=O)N1CCNCC1. The number of aryl methyl sites for hydroxylation is 1. The highest BCUT2D eigenvalue weighted by Gasteiger charge is 2.16. The van der Waals surface area contributed by atoms with Crippen LogP contribution in [0.4, 0.5) is 0 Å². The number of carbonyl (C=O) groups is 1. The number of nitrogens with one attached hydrogen (secondary N) is 1. The molecule has 0 radical (unpaired) electrons. The molecule has 1 aromatic rings. The Labute approximate surface area is 99.8 Å². The summed E-state index contributed by atoms with van der Waals surface area (Å²) >= 11 is 0. The maximum atomic E-state index is 11.9. The van der Waals surface area contributed by atoms with E-state index in [1.807, 2.05) is 11.0 Å². The Kier molecular flexibility index (Phi) is 3.73. The summed E-state index contributed by atoms with van der Waals surface area (Å²) in [5, 5.41) is 12.0. The molecule has 2 rings (SSSR count). The number of hydrogen-bond donors (Lipinski definition) is 1. The molecule has 6 heteroatoms. The lowest BCUT2D eigenvalue weighted by Gasteiger charge is -2.27. The summed E-state index contributed by atoms with van der Waals surface area (Å²) in [6, 6.07) is 2.00. The van der Waals surface area contributed by atoms with Crippen LogP contribution in [0.2, 0.25) is 0 Å². The minimum Gasteiger partial charge on any atom is -0.340 e. The molecule has 0 bridgehead atoms. The minimum absolute atomic E-state index is 0.143. The first-order valence-electron chi connectivity index (χ1n) is 5.71. The Hall–Kier alpha value is -1.87. The molecule has 1 N–H and O–H groups in total. The largest absolute Gasteiger partial charge is 0.340 e. The standard InChI is InChI=1S/C11H15N5O/c12-9-10-14-4-8-15(10)5-1-11(17)16-6-2-13-3-7-16/h4,8,13H,1-3,5-7H2. The van der Waals surface area contributed by atoms with Crippen molar-refractivity contribution in [3.8, 4) is 6.07 Å². The van der Waals surface area contributed by atoms with Crippen LogP contribution in [-0.4, -0.2) is 46.5 Å². The maximum Gasteiger partial charge on any atom is 0.224 e. The molecule has 1 aromatic heterocycles. The van der Waals surface area contributed by atoms with E-state index in [1.54, 1.807) is 17.0 Å². The van der Waals surface area contributed by atoms with Crippen LogP contribution in [-0.2, 0) is 11.3 Å². The first-order chi connectivity index (χ1) is 8.31. The van der Waals surface area contributed by atoms with E-state index in [9.17, 15) is 4.79 Å². The van der Waals surface area contributed by atoms with Crippen LogP contribution in [0, 0.1) is 11.3 Å². The molecule has 1 saturated heterocycles. The second-order valence-corrected chi connectivity index (χ2v) is 3.94. The molecule has 1 fully saturated rings. The highest BCUT2D eigenvalue weighted by Crippen LogP contribution is 2.02. The van der Waals surface area contributed by atoms with Crippen LogP contribution in [0.15, 0.2) is 12.4 Å². The van der Waals surface area contributed by atoms with E-state index in [0.29, 0.717) is 18.8 Å². The van der Waals surface area contributed by atoms with Crippen molar-refractivity contribution < 1.29 is 4.79 Å². The van der Waals surface area contributed by atoms with Gasteiger partial charge in [-0.05, 0) is 0 Å². The Morgan fingerprint density at radius 1 is 1.53 bits per heavy atom. The average molecular weight is 233 g/mol. The summed E-state index contributed by atoms with van der Waals surface area (Å²) < 4.78 is 1.71. The molecule has 90 valence electrons. The molecule has 0 aliphatic carbocycles. The number of hydrogen-bond acceptors (Lipinski definition) is 4. The van der Waals surface area contributed by atoms with Gasteiger partial charge in [-0.25, -0.2) is 4.98 Å². The highest BCUT2D eigenvalue weighted by molar-refractivity contribution is 5.76. The molecular formula is C11H15N5O. The summed E-state index contributed by atoms with van der Waals surface area (Å²) in [4.78, 5) is 17.6. The monoisotopic (exact) mass is 233 g/mol. The molecule has 1 amide bonds. The molecule has 0 aromatic carbocycles. The Morgan fingerprint density at radius 3 is 3.00 bits per heavy atom. The van der Waals surface area contributed by atoms with Crippen LogP contribution < -0.4 is 5.32 Å². The smallest absolute Gasteiger partial charge is 0.224 e. The molecule has 0 saturated carbocycles. The van der Waals surface area contributed by atoms with E-state index in [4.69, 9.17) is 5.26 Å². The number of nitrogens with zero attached hydrogens (tertiary/aromatic N) is 4. The van der Waals surface area contributed by atoms with Crippen LogP contribution in [0.5, 0.6) is 0 Å². The van der Waals surface area contributed by atoms with Crippen molar-refractivity contribution in [1.29, 1.82) is 5.26 Å². The third-order valence-corrected chi connectivity index (χ3v) is 2.85. The Morgan fingerprint density at radius 2 is 2.29 bits per heavy atom. The second kappa shape index (κ2) is 5.46. The maximum absolute atomic E-state index is 11.9. The lowest BCUT2D eigenvalue weighted by molar-refractivity contribution is -0.132. The molecule has 17 heavy (non-hydrogen) atoms. The van der Waals surface area contributed by atoms with Crippen molar-refractivity contribution in [2.75, 3.05) is 26.2 Å². The topological polar surface area (TPSA) is 74.0 Å². The Bertz CT molecular complexity index is 427. The average Bonchev–Trinajstić information content (AvgIpc) is 2.84. The number of piperazine rings is 1. The molecular weight excluding hydrogens is 218 g/mol. The summed E-state index contributed by atoms with van der Waals surface area (Å²) in [5.41, 5.74) is 0. The number of rotatable bonds is 3. The number of aromatic nitrogens is 2. The van der Waals surface area contributed by atoms with Crippen molar-refractivity contribution in [2.45, 2.75) is 13.0 Å². The highest BCUT2D eigenvalue weighted by atomic mass is 16.2. The van der Waals surface area contributed by atoms with Crippen LogP contribution in [0.1, 0.15) is 12.2 Å². The van der Waals surface area contributed by atoms with E-state index in [0.717, 1.165) is 26.2 Å². The normalized spacial score (nSPS) is 15.6. The van der Waals surface area contributed by atoms with Gasteiger partial charge in [0, 0.05) is 51.5 Å². The first-order valence-corrected chi connectivity index (χ1v) is 5.71. The molecule has 6 nitrogen and oxygen atoms in total. The fraction of sp³-hybridized carbons (Fsp3) is 0.545. The van der Waals surface area contributed by atoms with E-state index in [1.165, 1.54) is 0 Å². The third kappa shape index (κ3) is 2.82. The Balaban J connectivity index is 1.85. The van der Waals surface area contributed by atoms with Gasteiger partial charge in [0.2, 0.25) is 11.7 Å². The lowest BCUT2D eigenvalue weighted by Crippen LogP contribution is -2.46. The van der Waals surface area contributed by atoms with E-state index in [2.05, 4.69) is 10.3 Å². The van der Waals surface area contributed by atoms with Crippen molar-refractivity contribution in [3.63, 3.8) is 0 Å². The predicted octanol–water partition coefficient (Wildman–Crippen LogP) is -0.423. The van der Waals surface area contributed by atoms with Crippen molar-refractivity contribution >= 4 is 5.91 Å². The van der Waals surface area contributed by atoms with Gasteiger partial charge >= 0.3 is 0 Å². The molecule has 0 atom stereocenters. The minimum atomic E-state index is 0.143. The van der Waals surface area contributed by atoms with Gasteiger partial charge in [-0.2, -0.15) is 5.26 Å². The molecule has 0 spiro atoms. The van der Waals surface area contributed by atoms with Gasteiger partial charge in [-0.15, -0.1) is 0 Å². The van der Waals surface area contributed by atoms with Crippen molar-refractivity contribution in [2.24, 2.45) is 0 Å². The molecule has 2 heterocycles.